The molecule has 0 aliphatic carbocycles. The molecule has 0 saturated heterocycles. The molecular weight excluding hydrogens is 296 g/mol. The van der Waals surface area contributed by atoms with Gasteiger partial charge in [-0.05, 0) is 35.1 Å². The molecule has 2 aromatic rings. The predicted molar refractivity (Wildman–Crippen MR) is 109 cm³/mol. The maximum atomic E-state index is 7.00. The van der Waals surface area contributed by atoms with E-state index in [0.29, 0.717) is 11.8 Å². The average molecular weight is 333 g/mol. The Morgan fingerprint density at radius 2 is 0.875 bits per heavy atom. The van der Waals surface area contributed by atoms with Crippen LogP contribution in [0.3, 0.4) is 0 Å². The molecule has 3 heteroatoms. The van der Waals surface area contributed by atoms with Crippen LogP contribution in [0.2, 0.25) is 0 Å². The van der Waals surface area contributed by atoms with Crippen LogP contribution in [0.1, 0.15) is 64.5 Å². The first-order chi connectivity index (χ1) is 11.4. The molecule has 0 aromatic heterocycles. The molecule has 3 nitrogen and oxygen atoms in total. The summed E-state index contributed by atoms with van der Waals surface area (Å²) in [7, 11) is 1.00. The van der Waals surface area contributed by atoms with Crippen molar-refractivity contribution in [1.82, 2.24) is 0 Å². The van der Waals surface area contributed by atoms with Crippen LogP contribution in [0.25, 0.3) is 0 Å². The molecule has 0 spiro atoms. The maximum absolute atomic E-state index is 7.00. The number of aliphatic hydroxyl groups is 1. The number of hydrogen-bond donors (Lipinski definition) is 3. The monoisotopic (exact) mass is 332 g/mol. The second-order valence-corrected chi connectivity index (χ2v) is 5.57. The zero-order valence-corrected chi connectivity index (χ0v) is 16.4. The first kappa shape index (κ1) is 24.3. The van der Waals surface area contributed by atoms with Gasteiger partial charge in [0, 0.05) is 18.5 Å². The van der Waals surface area contributed by atoms with E-state index in [1.165, 1.54) is 11.1 Å². The molecule has 0 aliphatic heterocycles. The van der Waals surface area contributed by atoms with E-state index in [9.17, 15) is 0 Å². The van der Waals surface area contributed by atoms with E-state index in [1.54, 1.807) is 0 Å². The number of anilines is 2. The van der Waals surface area contributed by atoms with E-state index < -0.39 is 0 Å². The van der Waals surface area contributed by atoms with Gasteiger partial charge in [0.1, 0.15) is 0 Å². The molecule has 0 fully saturated rings. The van der Waals surface area contributed by atoms with Crippen LogP contribution in [0, 0.1) is 0 Å². The third kappa shape index (κ3) is 9.21. The Bertz CT molecular complexity index is 487. The fourth-order valence-corrected chi connectivity index (χ4v) is 2.07. The molecule has 136 valence electrons. The van der Waals surface area contributed by atoms with Gasteiger partial charge in [0.25, 0.3) is 0 Å². The normalized spacial score (nSPS) is 9.08. The molecule has 0 bridgehead atoms. The minimum atomic E-state index is 0.529. The molecular formula is C21H36N2O. The van der Waals surface area contributed by atoms with Gasteiger partial charge in [-0.1, -0.05) is 77.9 Å². The van der Waals surface area contributed by atoms with Gasteiger partial charge in [-0.2, -0.15) is 0 Å². The van der Waals surface area contributed by atoms with Crippen LogP contribution < -0.4 is 11.5 Å². The van der Waals surface area contributed by atoms with Crippen molar-refractivity contribution in [3.8, 4) is 0 Å². The second kappa shape index (κ2) is 14.6. The van der Waals surface area contributed by atoms with E-state index >= 15 is 0 Å². The van der Waals surface area contributed by atoms with Gasteiger partial charge in [0.2, 0.25) is 0 Å². The Balaban J connectivity index is 0. The van der Waals surface area contributed by atoms with Crippen molar-refractivity contribution in [2.45, 2.75) is 53.4 Å². The number of nitrogens with two attached hydrogens (primary N) is 2. The van der Waals surface area contributed by atoms with Crippen LogP contribution in [0.15, 0.2) is 48.5 Å². The van der Waals surface area contributed by atoms with Crippen molar-refractivity contribution in [3.05, 3.63) is 59.7 Å². The van der Waals surface area contributed by atoms with Crippen LogP contribution in [-0.4, -0.2) is 12.2 Å². The lowest BCUT2D eigenvalue weighted by Crippen LogP contribution is -1.94. The van der Waals surface area contributed by atoms with Crippen molar-refractivity contribution in [1.29, 1.82) is 0 Å². The van der Waals surface area contributed by atoms with Crippen LogP contribution >= 0.6 is 0 Å². The van der Waals surface area contributed by atoms with E-state index in [0.717, 1.165) is 18.5 Å². The minimum absolute atomic E-state index is 0.529. The van der Waals surface area contributed by atoms with E-state index in [-0.39, 0.29) is 0 Å². The summed E-state index contributed by atoms with van der Waals surface area (Å²) >= 11 is 0. The lowest BCUT2D eigenvalue weighted by Gasteiger charge is -2.07. The minimum Gasteiger partial charge on any atom is -0.400 e. The molecule has 0 saturated carbocycles. The smallest absolute Gasteiger partial charge is 0.0349 e. The number of rotatable bonds is 2. The highest BCUT2D eigenvalue weighted by Crippen LogP contribution is 2.20. The number of para-hydroxylation sites is 2. The first-order valence-corrected chi connectivity index (χ1v) is 8.57. The van der Waals surface area contributed by atoms with Crippen molar-refractivity contribution in [2.24, 2.45) is 0 Å². The van der Waals surface area contributed by atoms with Crippen LogP contribution in [0.4, 0.5) is 11.4 Å². The number of hydrogen-bond acceptors (Lipinski definition) is 3. The molecule has 0 atom stereocenters. The summed E-state index contributed by atoms with van der Waals surface area (Å²) in [4.78, 5) is 0. The number of aliphatic hydroxyl groups excluding tert-OH is 1. The third-order valence-electron chi connectivity index (χ3n) is 3.24. The molecule has 5 N–H and O–H groups in total. The zero-order chi connectivity index (χ0) is 19.1. The van der Waals surface area contributed by atoms with Gasteiger partial charge in [-0.3, -0.25) is 0 Å². The summed E-state index contributed by atoms with van der Waals surface area (Å²) in [6, 6.07) is 16.0. The maximum Gasteiger partial charge on any atom is 0.0349 e. The average Bonchev–Trinajstić information content (AvgIpc) is 2.59. The fourth-order valence-electron chi connectivity index (χ4n) is 2.07. The summed E-state index contributed by atoms with van der Waals surface area (Å²) < 4.78 is 0. The molecule has 0 aliphatic rings. The molecule has 0 radical (unpaired) electrons. The molecule has 0 amide bonds. The highest BCUT2D eigenvalue weighted by atomic mass is 16.2. The first-order valence-electron chi connectivity index (χ1n) is 8.57. The van der Waals surface area contributed by atoms with Gasteiger partial charge in [0.05, 0.1) is 0 Å². The zero-order valence-electron chi connectivity index (χ0n) is 16.4. The van der Waals surface area contributed by atoms with Gasteiger partial charge in [-0.25, -0.2) is 0 Å². The highest BCUT2D eigenvalue weighted by molar-refractivity contribution is 5.48. The Kier molecular flexibility index (Phi) is 14.7. The van der Waals surface area contributed by atoms with E-state index in [2.05, 4.69) is 39.8 Å². The SMILES string of the molecule is CC.CC(C)c1ccccc1N.CC(C)c1ccccc1N.CO. The van der Waals surface area contributed by atoms with Crippen molar-refractivity contribution in [2.75, 3.05) is 18.6 Å². The Hall–Kier alpha value is -2.00. The van der Waals surface area contributed by atoms with Crippen LogP contribution in [0.5, 0.6) is 0 Å². The molecule has 0 heterocycles. The summed E-state index contributed by atoms with van der Waals surface area (Å²) in [5.41, 5.74) is 15.7. The predicted octanol–water partition coefficient (Wildman–Crippen LogP) is 5.42. The lowest BCUT2D eigenvalue weighted by atomic mass is 10.0. The summed E-state index contributed by atoms with van der Waals surface area (Å²) in [6.45, 7) is 12.6. The van der Waals surface area contributed by atoms with Crippen LogP contribution in [-0.2, 0) is 0 Å². The molecule has 0 unspecified atom stereocenters. The largest absolute Gasteiger partial charge is 0.400 e. The Morgan fingerprint density at radius 1 is 0.625 bits per heavy atom. The molecule has 2 aromatic carbocycles. The van der Waals surface area contributed by atoms with Gasteiger partial charge < -0.3 is 16.6 Å². The van der Waals surface area contributed by atoms with E-state index in [4.69, 9.17) is 16.6 Å². The Labute approximate surface area is 148 Å². The lowest BCUT2D eigenvalue weighted by molar-refractivity contribution is 0.399. The van der Waals surface area contributed by atoms with Crippen molar-refractivity contribution < 1.29 is 5.11 Å². The van der Waals surface area contributed by atoms with Gasteiger partial charge in [-0.15, -0.1) is 0 Å². The topological polar surface area (TPSA) is 72.3 Å². The van der Waals surface area contributed by atoms with Crippen molar-refractivity contribution >= 4 is 11.4 Å². The van der Waals surface area contributed by atoms with Gasteiger partial charge in [0.15, 0.2) is 0 Å². The molecule has 2 rings (SSSR count). The third-order valence-corrected chi connectivity index (χ3v) is 3.24. The summed E-state index contributed by atoms with van der Waals surface area (Å²) in [5.74, 6) is 1.06. The summed E-state index contributed by atoms with van der Waals surface area (Å²) in [5, 5.41) is 7.00. The fraction of sp³-hybridized carbons (Fsp3) is 0.429. The Morgan fingerprint density at radius 3 is 1.04 bits per heavy atom. The standard InChI is InChI=1S/2C9H13N.C2H6.CH4O/c2*1-7(2)8-5-3-4-6-9(8)10;2*1-2/h2*3-7H,10H2,1-2H3;1-2H3;2H,1H3. The summed E-state index contributed by atoms with van der Waals surface area (Å²) in [6.07, 6.45) is 0. The van der Waals surface area contributed by atoms with E-state index in [1.807, 2.05) is 50.2 Å². The highest BCUT2D eigenvalue weighted by Gasteiger charge is 2.01. The quantitative estimate of drug-likeness (QED) is 0.643. The molecule has 24 heavy (non-hydrogen) atoms. The second-order valence-electron chi connectivity index (χ2n) is 5.57. The number of benzene rings is 2. The van der Waals surface area contributed by atoms with Gasteiger partial charge >= 0.3 is 0 Å². The van der Waals surface area contributed by atoms with Crippen molar-refractivity contribution in [3.63, 3.8) is 0 Å². The number of nitrogen functional groups attached to an aromatic ring is 2.